The van der Waals surface area contributed by atoms with Gasteiger partial charge in [0.05, 0.1) is 19.2 Å². The summed E-state index contributed by atoms with van der Waals surface area (Å²) in [7, 11) is 1.35. The summed E-state index contributed by atoms with van der Waals surface area (Å²) in [5.74, 6) is 0.308. The van der Waals surface area contributed by atoms with E-state index < -0.39 is 6.09 Å². The number of methoxy groups -OCH3 is 1. The van der Waals surface area contributed by atoms with Crippen LogP contribution >= 0.6 is 0 Å². The van der Waals surface area contributed by atoms with Crippen LogP contribution in [0.2, 0.25) is 0 Å². The lowest BCUT2D eigenvalue weighted by Crippen LogP contribution is -2.28. The van der Waals surface area contributed by atoms with Crippen molar-refractivity contribution in [2.24, 2.45) is 0 Å². The molecule has 0 saturated carbocycles. The third-order valence-corrected chi connectivity index (χ3v) is 3.71. The molecule has 1 amide bonds. The second-order valence-electron chi connectivity index (χ2n) is 5.77. The highest BCUT2D eigenvalue weighted by atomic mass is 16.5. The molecule has 0 atom stereocenters. The molecule has 0 saturated heterocycles. The molecular weight excluding hydrogens is 334 g/mol. The average Bonchev–Trinajstić information content (AvgIpc) is 2.65. The van der Waals surface area contributed by atoms with Crippen LogP contribution in [0.1, 0.15) is 27.0 Å². The molecule has 0 aliphatic rings. The zero-order chi connectivity index (χ0) is 18.9. The molecule has 0 fully saturated rings. The molecule has 2 rings (SSSR count). The molecule has 0 aliphatic carbocycles. The van der Waals surface area contributed by atoms with Crippen LogP contribution in [0.25, 0.3) is 0 Å². The van der Waals surface area contributed by atoms with Gasteiger partial charge in [-0.2, -0.15) is 0 Å². The lowest BCUT2D eigenvalue weighted by molar-refractivity contribution is 0.0600. The number of rotatable bonds is 7. The van der Waals surface area contributed by atoms with Crippen LogP contribution in [0.15, 0.2) is 42.5 Å². The summed E-state index contributed by atoms with van der Waals surface area (Å²) in [4.78, 5) is 23.3. The number of carbonyl (C=O) groups excluding carboxylic acids is 2. The van der Waals surface area contributed by atoms with Gasteiger partial charge in [-0.15, -0.1) is 0 Å². The second kappa shape index (κ2) is 9.46. The SMILES string of the molecule is COC(=O)c1cc(C)c(OCCNC(=O)OCc2ccccc2)c(C)c1. The van der Waals surface area contributed by atoms with Crippen molar-refractivity contribution >= 4 is 12.1 Å². The van der Waals surface area contributed by atoms with Crippen LogP contribution < -0.4 is 10.1 Å². The number of hydrogen-bond acceptors (Lipinski definition) is 5. The van der Waals surface area contributed by atoms with E-state index in [1.54, 1.807) is 12.1 Å². The van der Waals surface area contributed by atoms with Gasteiger partial charge in [0.1, 0.15) is 19.0 Å². The van der Waals surface area contributed by atoms with Crippen molar-refractivity contribution in [2.75, 3.05) is 20.3 Å². The highest BCUT2D eigenvalue weighted by Crippen LogP contribution is 2.25. The van der Waals surface area contributed by atoms with E-state index in [0.29, 0.717) is 24.5 Å². The summed E-state index contributed by atoms with van der Waals surface area (Å²) in [6.45, 7) is 4.54. The first-order valence-corrected chi connectivity index (χ1v) is 8.28. The molecule has 138 valence electrons. The fourth-order valence-electron chi connectivity index (χ4n) is 2.49. The lowest BCUT2D eigenvalue weighted by Gasteiger charge is -2.14. The smallest absolute Gasteiger partial charge is 0.407 e. The largest absolute Gasteiger partial charge is 0.491 e. The van der Waals surface area contributed by atoms with E-state index in [4.69, 9.17) is 14.2 Å². The number of hydrogen-bond donors (Lipinski definition) is 1. The van der Waals surface area contributed by atoms with Gasteiger partial charge in [0.2, 0.25) is 0 Å². The van der Waals surface area contributed by atoms with E-state index in [1.807, 2.05) is 44.2 Å². The Bertz CT molecular complexity index is 735. The third kappa shape index (κ3) is 5.51. The van der Waals surface area contributed by atoms with Crippen LogP contribution in [0.5, 0.6) is 5.75 Å². The molecule has 0 spiro atoms. The Hall–Kier alpha value is -3.02. The van der Waals surface area contributed by atoms with Crippen LogP contribution in [-0.2, 0) is 16.1 Å². The molecule has 26 heavy (non-hydrogen) atoms. The Morgan fingerprint density at radius 3 is 2.31 bits per heavy atom. The maximum absolute atomic E-state index is 11.7. The Labute approximate surface area is 153 Å². The maximum Gasteiger partial charge on any atom is 0.407 e. The van der Waals surface area contributed by atoms with Gasteiger partial charge >= 0.3 is 12.1 Å². The second-order valence-corrected chi connectivity index (χ2v) is 5.77. The molecule has 0 radical (unpaired) electrons. The van der Waals surface area contributed by atoms with E-state index in [-0.39, 0.29) is 12.6 Å². The number of nitrogens with one attached hydrogen (secondary N) is 1. The fourth-order valence-corrected chi connectivity index (χ4v) is 2.49. The summed E-state index contributed by atoms with van der Waals surface area (Å²) in [5, 5.41) is 2.64. The number of amides is 1. The van der Waals surface area contributed by atoms with Gasteiger partial charge in [0.25, 0.3) is 0 Å². The van der Waals surface area contributed by atoms with E-state index >= 15 is 0 Å². The van der Waals surface area contributed by atoms with Crippen LogP contribution in [0.4, 0.5) is 4.79 Å². The van der Waals surface area contributed by atoms with Crippen molar-refractivity contribution in [3.63, 3.8) is 0 Å². The summed E-state index contributed by atoms with van der Waals surface area (Å²) >= 11 is 0. The monoisotopic (exact) mass is 357 g/mol. The van der Waals surface area contributed by atoms with Gasteiger partial charge in [0.15, 0.2) is 0 Å². The fraction of sp³-hybridized carbons (Fsp3) is 0.300. The molecule has 0 aromatic heterocycles. The molecule has 6 heteroatoms. The predicted octanol–water partition coefficient (Wildman–Crippen LogP) is 3.40. The summed E-state index contributed by atoms with van der Waals surface area (Å²) in [6.07, 6.45) is -0.494. The van der Waals surface area contributed by atoms with E-state index in [0.717, 1.165) is 16.7 Å². The molecule has 0 aliphatic heterocycles. The van der Waals surface area contributed by atoms with Crippen LogP contribution in [0, 0.1) is 13.8 Å². The number of aryl methyl sites for hydroxylation is 2. The van der Waals surface area contributed by atoms with Crippen molar-refractivity contribution in [2.45, 2.75) is 20.5 Å². The van der Waals surface area contributed by atoms with Crippen molar-refractivity contribution in [3.05, 3.63) is 64.7 Å². The average molecular weight is 357 g/mol. The normalized spacial score (nSPS) is 10.1. The van der Waals surface area contributed by atoms with Gasteiger partial charge in [-0.3, -0.25) is 0 Å². The highest BCUT2D eigenvalue weighted by molar-refractivity contribution is 5.90. The zero-order valence-electron chi connectivity index (χ0n) is 15.2. The van der Waals surface area contributed by atoms with Gasteiger partial charge in [-0.05, 0) is 42.7 Å². The summed E-state index contributed by atoms with van der Waals surface area (Å²) in [6, 6.07) is 12.9. The van der Waals surface area contributed by atoms with E-state index in [9.17, 15) is 9.59 Å². The van der Waals surface area contributed by atoms with E-state index in [2.05, 4.69) is 5.32 Å². The quantitative estimate of drug-likeness (QED) is 0.607. The molecule has 1 N–H and O–H groups in total. The Kier molecular flexibility index (Phi) is 7.02. The summed E-state index contributed by atoms with van der Waals surface area (Å²) in [5.41, 5.74) is 3.07. The van der Waals surface area contributed by atoms with E-state index in [1.165, 1.54) is 7.11 Å². The van der Waals surface area contributed by atoms with Crippen molar-refractivity contribution in [1.29, 1.82) is 0 Å². The van der Waals surface area contributed by atoms with Crippen molar-refractivity contribution < 1.29 is 23.8 Å². The summed E-state index contributed by atoms with van der Waals surface area (Å²) < 4.78 is 15.6. The number of alkyl carbamates (subject to hydrolysis) is 1. The standard InChI is InChI=1S/C20H23NO5/c1-14-11-17(19(22)24-3)12-15(2)18(14)25-10-9-21-20(23)26-13-16-7-5-4-6-8-16/h4-8,11-12H,9-10,13H2,1-3H3,(H,21,23). The first-order valence-electron chi connectivity index (χ1n) is 8.28. The van der Waals surface area contributed by atoms with Gasteiger partial charge in [0, 0.05) is 0 Å². The lowest BCUT2D eigenvalue weighted by atomic mass is 10.1. The van der Waals surface area contributed by atoms with Crippen molar-refractivity contribution in [1.82, 2.24) is 5.32 Å². The molecule has 2 aromatic carbocycles. The number of esters is 1. The molecule has 6 nitrogen and oxygen atoms in total. The topological polar surface area (TPSA) is 73.9 Å². The van der Waals surface area contributed by atoms with Crippen molar-refractivity contribution in [3.8, 4) is 5.75 Å². The predicted molar refractivity (Wildman–Crippen MR) is 97.4 cm³/mol. The maximum atomic E-state index is 11.7. The Morgan fingerprint density at radius 2 is 1.69 bits per heavy atom. The molecule has 0 unspecified atom stereocenters. The minimum atomic E-state index is -0.494. The first kappa shape index (κ1) is 19.3. The zero-order valence-corrected chi connectivity index (χ0v) is 15.2. The molecule has 0 bridgehead atoms. The molecule has 2 aromatic rings. The number of ether oxygens (including phenoxy) is 3. The Morgan fingerprint density at radius 1 is 1.04 bits per heavy atom. The first-order chi connectivity index (χ1) is 12.5. The van der Waals surface area contributed by atoms with Crippen LogP contribution in [0.3, 0.4) is 0 Å². The highest BCUT2D eigenvalue weighted by Gasteiger charge is 2.12. The van der Waals surface area contributed by atoms with Gasteiger partial charge in [-0.25, -0.2) is 9.59 Å². The minimum Gasteiger partial charge on any atom is -0.491 e. The third-order valence-electron chi connectivity index (χ3n) is 3.71. The minimum absolute atomic E-state index is 0.223. The van der Waals surface area contributed by atoms with Crippen LogP contribution in [-0.4, -0.2) is 32.3 Å². The number of benzene rings is 2. The van der Waals surface area contributed by atoms with Gasteiger partial charge in [-0.1, -0.05) is 30.3 Å². The number of carbonyl (C=O) groups is 2. The molecule has 0 heterocycles. The Balaban J connectivity index is 1.77. The molecular formula is C20H23NO5. The van der Waals surface area contributed by atoms with Gasteiger partial charge < -0.3 is 19.5 Å².